The lowest BCUT2D eigenvalue weighted by Gasteiger charge is -2.10. The molecule has 0 aliphatic carbocycles. The van der Waals surface area contributed by atoms with E-state index in [4.69, 9.17) is 0 Å². The zero-order chi connectivity index (χ0) is 11.9. The standard InChI is InChI=1S/C14H16BrN/c1-9-5-6-12(10(2)7-9)14-11(3)8-13(15)16(14)4/h5-8H,1-4H3. The minimum Gasteiger partial charge on any atom is -0.338 e. The van der Waals surface area contributed by atoms with E-state index in [1.165, 1.54) is 27.9 Å². The Morgan fingerprint density at radius 1 is 1.00 bits per heavy atom. The van der Waals surface area contributed by atoms with Gasteiger partial charge in [-0.1, -0.05) is 23.8 Å². The lowest BCUT2D eigenvalue weighted by Crippen LogP contribution is -1.95. The number of rotatable bonds is 1. The average molecular weight is 278 g/mol. The minimum absolute atomic E-state index is 1.12. The van der Waals surface area contributed by atoms with Crippen molar-refractivity contribution in [3.8, 4) is 11.3 Å². The fourth-order valence-electron chi connectivity index (χ4n) is 2.19. The Balaban J connectivity index is 2.67. The van der Waals surface area contributed by atoms with Crippen LogP contribution in [-0.2, 0) is 7.05 Å². The molecule has 0 aliphatic rings. The second-order valence-electron chi connectivity index (χ2n) is 4.38. The Bertz CT molecular complexity index is 538. The van der Waals surface area contributed by atoms with E-state index >= 15 is 0 Å². The van der Waals surface area contributed by atoms with Gasteiger partial charge in [-0.25, -0.2) is 0 Å². The molecule has 0 spiro atoms. The van der Waals surface area contributed by atoms with Crippen molar-refractivity contribution in [1.29, 1.82) is 0 Å². The lowest BCUT2D eigenvalue weighted by atomic mass is 10.0. The van der Waals surface area contributed by atoms with Crippen LogP contribution in [0.2, 0.25) is 0 Å². The van der Waals surface area contributed by atoms with Crippen molar-refractivity contribution in [2.45, 2.75) is 20.8 Å². The Morgan fingerprint density at radius 3 is 2.19 bits per heavy atom. The Morgan fingerprint density at radius 2 is 1.69 bits per heavy atom. The first-order chi connectivity index (χ1) is 7.50. The SMILES string of the molecule is Cc1ccc(-c2c(C)cc(Br)n2C)c(C)c1. The van der Waals surface area contributed by atoms with Crippen LogP contribution in [0.3, 0.4) is 0 Å². The normalized spacial score (nSPS) is 10.8. The molecule has 0 N–H and O–H groups in total. The molecule has 1 nitrogen and oxygen atoms in total. The van der Waals surface area contributed by atoms with E-state index in [-0.39, 0.29) is 0 Å². The smallest absolute Gasteiger partial charge is 0.0851 e. The summed E-state index contributed by atoms with van der Waals surface area (Å²) in [6.07, 6.45) is 0. The van der Waals surface area contributed by atoms with Gasteiger partial charge in [0, 0.05) is 12.6 Å². The molecular weight excluding hydrogens is 262 g/mol. The lowest BCUT2D eigenvalue weighted by molar-refractivity contribution is 0.907. The van der Waals surface area contributed by atoms with Crippen molar-refractivity contribution in [3.05, 3.63) is 45.6 Å². The molecule has 2 rings (SSSR count). The van der Waals surface area contributed by atoms with Gasteiger partial charge in [-0.2, -0.15) is 0 Å². The summed E-state index contributed by atoms with van der Waals surface area (Å²) in [4.78, 5) is 0. The molecule has 2 heteroatoms. The van der Waals surface area contributed by atoms with Gasteiger partial charge in [0.2, 0.25) is 0 Å². The fourth-order valence-corrected chi connectivity index (χ4v) is 2.71. The van der Waals surface area contributed by atoms with Gasteiger partial charge >= 0.3 is 0 Å². The first-order valence-corrected chi connectivity index (χ1v) is 6.19. The topological polar surface area (TPSA) is 4.93 Å². The largest absolute Gasteiger partial charge is 0.338 e. The molecule has 84 valence electrons. The van der Waals surface area contributed by atoms with Gasteiger partial charge in [0.1, 0.15) is 0 Å². The van der Waals surface area contributed by atoms with Crippen LogP contribution in [0.1, 0.15) is 16.7 Å². The molecule has 1 aromatic carbocycles. The first kappa shape index (κ1) is 11.5. The van der Waals surface area contributed by atoms with Crippen molar-refractivity contribution in [1.82, 2.24) is 4.57 Å². The zero-order valence-corrected chi connectivity index (χ0v) is 11.7. The zero-order valence-electron chi connectivity index (χ0n) is 10.1. The fraction of sp³-hybridized carbons (Fsp3) is 0.286. The van der Waals surface area contributed by atoms with E-state index in [2.05, 4.69) is 72.6 Å². The van der Waals surface area contributed by atoms with Crippen LogP contribution in [0, 0.1) is 20.8 Å². The number of aromatic nitrogens is 1. The summed E-state index contributed by atoms with van der Waals surface area (Å²) in [6.45, 7) is 6.45. The highest BCUT2D eigenvalue weighted by atomic mass is 79.9. The highest BCUT2D eigenvalue weighted by molar-refractivity contribution is 9.10. The number of aryl methyl sites for hydroxylation is 3. The Labute approximate surface area is 105 Å². The van der Waals surface area contributed by atoms with Gasteiger partial charge in [-0.05, 0) is 53.9 Å². The van der Waals surface area contributed by atoms with Crippen molar-refractivity contribution in [2.24, 2.45) is 7.05 Å². The molecule has 0 fully saturated rings. The van der Waals surface area contributed by atoms with Gasteiger partial charge in [0.05, 0.1) is 10.3 Å². The van der Waals surface area contributed by atoms with Crippen LogP contribution in [0.4, 0.5) is 0 Å². The summed E-state index contributed by atoms with van der Waals surface area (Å²) in [6, 6.07) is 8.77. The summed E-state index contributed by atoms with van der Waals surface area (Å²) in [7, 11) is 2.09. The van der Waals surface area contributed by atoms with Crippen LogP contribution in [0.25, 0.3) is 11.3 Å². The predicted octanol–water partition coefficient (Wildman–Crippen LogP) is 4.38. The maximum Gasteiger partial charge on any atom is 0.0851 e. The van der Waals surface area contributed by atoms with Gasteiger partial charge in [-0.3, -0.25) is 0 Å². The predicted molar refractivity (Wildman–Crippen MR) is 72.8 cm³/mol. The molecule has 2 aromatic rings. The maximum atomic E-state index is 3.57. The Hall–Kier alpha value is -1.02. The van der Waals surface area contributed by atoms with E-state index < -0.39 is 0 Å². The van der Waals surface area contributed by atoms with E-state index in [0.29, 0.717) is 0 Å². The number of hydrogen-bond acceptors (Lipinski definition) is 0. The third kappa shape index (κ3) is 1.82. The van der Waals surface area contributed by atoms with Crippen LogP contribution in [0.15, 0.2) is 28.9 Å². The Kier molecular flexibility index (Phi) is 2.94. The molecule has 1 aromatic heterocycles. The highest BCUT2D eigenvalue weighted by Crippen LogP contribution is 2.31. The van der Waals surface area contributed by atoms with Crippen LogP contribution in [0.5, 0.6) is 0 Å². The average Bonchev–Trinajstić information content (AvgIpc) is 2.43. The number of benzene rings is 1. The van der Waals surface area contributed by atoms with E-state index in [1.54, 1.807) is 0 Å². The molecular formula is C14H16BrN. The summed E-state index contributed by atoms with van der Waals surface area (Å²) in [5, 5.41) is 0. The van der Waals surface area contributed by atoms with Gasteiger partial charge in [0.25, 0.3) is 0 Å². The summed E-state index contributed by atoms with van der Waals surface area (Å²) < 4.78 is 3.31. The first-order valence-electron chi connectivity index (χ1n) is 5.40. The third-order valence-corrected chi connectivity index (χ3v) is 3.76. The van der Waals surface area contributed by atoms with E-state index in [1.807, 2.05) is 0 Å². The van der Waals surface area contributed by atoms with Crippen molar-refractivity contribution in [2.75, 3.05) is 0 Å². The maximum absolute atomic E-state index is 3.57. The van der Waals surface area contributed by atoms with Crippen LogP contribution in [-0.4, -0.2) is 4.57 Å². The van der Waals surface area contributed by atoms with E-state index in [9.17, 15) is 0 Å². The molecule has 0 amide bonds. The molecule has 16 heavy (non-hydrogen) atoms. The van der Waals surface area contributed by atoms with Crippen molar-refractivity contribution >= 4 is 15.9 Å². The quantitative estimate of drug-likeness (QED) is 0.729. The number of nitrogens with zero attached hydrogens (tertiary/aromatic N) is 1. The molecule has 1 heterocycles. The second kappa shape index (κ2) is 4.10. The van der Waals surface area contributed by atoms with Gasteiger partial charge < -0.3 is 4.57 Å². The second-order valence-corrected chi connectivity index (χ2v) is 5.19. The van der Waals surface area contributed by atoms with E-state index in [0.717, 1.165) is 4.60 Å². The third-order valence-electron chi connectivity index (χ3n) is 3.00. The van der Waals surface area contributed by atoms with Gasteiger partial charge in [0.15, 0.2) is 0 Å². The molecule has 0 saturated heterocycles. The molecule has 0 saturated carbocycles. The molecule has 0 bridgehead atoms. The van der Waals surface area contributed by atoms with Crippen LogP contribution < -0.4 is 0 Å². The van der Waals surface area contributed by atoms with Gasteiger partial charge in [-0.15, -0.1) is 0 Å². The summed E-state index contributed by atoms with van der Waals surface area (Å²) in [5.41, 5.74) is 6.56. The molecule has 0 radical (unpaired) electrons. The highest BCUT2D eigenvalue weighted by Gasteiger charge is 2.11. The number of hydrogen-bond donors (Lipinski definition) is 0. The summed E-state index contributed by atoms with van der Waals surface area (Å²) >= 11 is 3.57. The van der Waals surface area contributed by atoms with Crippen molar-refractivity contribution in [3.63, 3.8) is 0 Å². The number of halogens is 1. The molecule has 0 aliphatic heterocycles. The monoisotopic (exact) mass is 277 g/mol. The molecule has 0 unspecified atom stereocenters. The minimum atomic E-state index is 1.12. The van der Waals surface area contributed by atoms with Crippen molar-refractivity contribution < 1.29 is 0 Å². The molecule has 0 atom stereocenters. The summed E-state index contributed by atoms with van der Waals surface area (Å²) in [5.74, 6) is 0. The van der Waals surface area contributed by atoms with Crippen LogP contribution >= 0.6 is 15.9 Å².